The first-order chi connectivity index (χ1) is 5.69. The zero-order valence-electron chi connectivity index (χ0n) is 5.81. The van der Waals surface area contributed by atoms with Gasteiger partial charge in [-0.1, -0.05) is 23.2 Å². The van der Waals surface area contributed by atoms with Gasteiger partial charge in [0.15, 0.2) is 0 Å². The minimum atomic E-state index is 0.206. The van der Waals surface area contributed by atoms with E-state index in [-0.39, 0.29) is 15.6 Å². The van der Waals surface area contributed by atoms with E-state index in [0.717, 1.165) is 0 Å². The molecule has 0 aliphatic rings. The Morgan fingerprint density at radius 1 is 1.00 bits per heavy atom. The maximum Gasteiger partial charge on any atom is 0.102 e. The number of halogens is 2. The zero-order valence-corrected chi connectivity index (χ0v) is 7.32. The normalized spacial score (nSPS) is 8.67. The van der Waals surface area contributed by atoms with Gasteiger partial charge in [0, 0.05) is 0 Å². The fourth-order valence-electron chi connectivity index (χ4n) is 0.744. The van der Waals surface area contributed by atoms with Crippen LogP contribution < -0.4 is 0 Å². The molecule has 0 bridgehead atoms. The average Bonchev–Trinajstić information content (AvgIpc) is 2.03. The summed E-state index contributed by atoms with van der Waals surface area (Å²) in [6.45, 7) is 0. The van der Waals surface area contributed by atoms with Crippen molar-refractivity contribution >= 4 is 23.2 Å². The van der Waals surface area contributed by atoms with Crippen LogP contribution in [0.5, 0.6) is 0 Å². The molecule has 0 unspecified atom stereocenters. The molecule has 0 aliphatic heterocycles. The Hall–Kier alpha value is -1.22. The van der Waals surface area contributed by atoms with Crippen molar-refractivity contribution in [2.24, 2.45) is 0 Å². The summed E-state index contributed by atoms with van der Waals surface area (Å²) in [4.78, 5) is 0. The lowest BCUT2D eigenvalue weighted by Crippen LogP contribution is -1.82. The van der Waals surface area contributed by atoms with Crippen molar-refractivity contribution in [2.75, 3.05) is 0 Å². The molecule has 0 spiro atoms. The molecule has 0 N–H and O–H groups in total. The predicted molar refractivity (Wildman–Crippen MR) is 45.9 cm³/mol. The third-order valence-electron chi connectivity index (χ3n) is 1.28. The lowest BCUT2D eigenvalue weighted by molar-refractivity contribution is 1.45. The Balaban J connectivity index is 3.43. The number of benzene rings is 1. The van der Waals surface area contributed by atoms with E-state index in [1.807, 2.05) is 12.1 Å². The number of rotatable bonds is 0. The molecular formula is C8H2Cl2N2. The molecule has 1 aromatic rings. The van der Waals surface area contributed by atoms with Gasteiger partial charge in [0.05, 0.1) is 27.2 Å². The van der Waals surface area contributed by atoms with E-state index in [2.05, 4.69) is 0 Å². The van der Waals surface area contributed by atoms with Crippen molar-refractivity contribution in [2.45, 2.75) is 0 Å². The van der Waals surface area contributed by atoms with Crippen LogP contribution in [-0.4, -0.2) is 0 Å². The molecule has 0 saturated heterocycles. The predicted octanol–water partition coefficient (Wildman–Crippen LogP) is 2.74. The van der Waals surface area contributed by atoms with Gasteiger partial charge in [-0.25, -0.2) is 0 Å². The molecule has 4 heteroatoms. The van der Waals surface area contributed by atoms with Crippen LogP contribution in [0.1, 0.15) is 11.1 Å². The van der Waals surface area contributed by atoms with Crippen LogP contribution in [-0.2, 0) is 0 Å². The molecule has 2 nitrogen and oxygen atoms in total. The van der Waals surface area contributed by atoms with Crippen molar-refractivity contribution in [3.8, 4) is 12.1 Å². The topological polar surface area (TPSA) is 47.6 Å². The summed E-state index contributed by atoms with van der Waals surface area (Å²) < 4.78 is 0. The van der Waals surface area contributed by atoms with Crippen LogP contribution in [0.3, 0.4) is 0 Å². The third-order valence-corrected chi connectivity index (χ3v) is 1.88. The second-order valence-electron chi connectivity index (χ2n) is 2.04. The summed E-state index contributed by atoms with van der Waals surface area (Å²) in [5.74, 6) is 0. The summed E-state index contributed by atoms with van der Waals surface area (Å²) >= 11 is 11.3. The van der Waals surface area contributed by atoms with Crippen LogP contribution in [0.2, 0.25) is 10.0 Å². The van der Waals surface area contributed by atoms with E-state index in [0.29, 0.717) is 5.56 Å². The average molecular weight is 197 g/mol. The van der Waals surface area contributed by atoms with Gasteiger partial charge >= 0.3 is 0 Å². The van der Waals surface area contributed by atoms with E-state index in [1.54, 1.807) is 0 Å². The number of nitrogens with zero attached hydrogens (tertiary/aromatic N) is 2. The molecule has 0 aliphatic carbocycles. The number of nitriles is 2. The van der Waals surface area contributed by atoms with Gasteiger partial charge in [-0.15, -0.1) is 0 Å². The lowest BCUT2D eigenvalue weighted by atomic mass is 10.1. The fraction of sp³-hybridized carbons (Fsp3) is 0. The molecule has 0 heterocycles. The first-order valence-corrected chi connectivity index (χ1v) is 3.74. The Bertz CT molecular complexity index is 375. The zero-order chi connectivity index (χ0) is 9.14. The molecule has 12 heavy (non-hydrogen) atoms. The molecular weight excluding hydrogens is 195 g/mol. The molecule has 58 valence electrons. The van der Waals surface area contributed by atoms with Crippen molar-refractivity contribution in [3.05, 3.63) is 33.3 Å². The minimum Gasteiger partial charge on any atom is -0.192 e. The quantitative estimate of drug-likeness (QED) is 0.641. The molecule has 1 rings (SSSR count). The van der Waals surface area contributed by atoms with Crippen molar-refractivity contribution in [3.63, 3.8) is 0 Å². The summed E-state index contributed by atoms with van der Waals surface area (Å²) in [5, 5.41) is 17.5. The van der Waals surface area contributed by atoms with Crippen LogP contribution in [0.4, 0.5) is 0 Å². The van der Waals surface area contributed by atoms with E-state index in [1.165, 1.54) is 12.1 Å². The minimum absolute atomic E-state index is 0.206. The second-order valence-corrected chi connectivity index (χ2v) is 2.85. The van der Waals surface area contributed by atoms with Crippen LogP contribution >= 0.6 is 23.2 Å². The summed E-state index contributed by atoms with van der Waals surface area (Å²) in [6.07, 6.45) is 0. The molecule has 1 aromatic carbocycles. The Kier molecular flexibility index (Phi) is 2.55. The smallest absolute Gasteiger partial charge is 0.102 e. The van der Waals surface area contributed by atoms with Gasteiger partial charge < -0.3 is 0 Å². The Labute approximate surface area is 79.6 Å². The van der Waals surface area contributed by atoms with E-state index in [9.17, 15) is 0 Å². The van der Waals surface area contributed by atoms with Crippen LogP contribution in [0.25, 0.3) is 0 Å². The first kappa shape index (κ1) is 8.87. The largest absolute Gasteiger partial charge is 0.192 e. The van der Waals surface area contributed by atoms with E-state index in [4.69, 9.17) is 33.7 Å². The Morgan fingerprint density at radius 3 is 1.83 bits per heavy atom. The lowest BCUT2D eigenvalue weighted by Gasteiger charge is -1.97. The highest BCUT2D eigenvalue weighted by Crippen LogP contribution is 2.25. The standard InChI is InChI=1S/C8H2Cl2N2/c9-7-1-5(3-11)2-8(10)6(7)4-12/h1-2H. The van der Waals surface area contributed by atoms with Gasteiger partial charge in [-0.3, -0.25) is 0 Å². The van der Waals surface area contributed by atoms with Gasteiger partial charge in [0.2, 0.25) is 0 Å². The maximum absolute atomic E-state index is 8.56. The second kappa shape index (κ2) is 3.45. The highest BCUT2D eigenvalue weighted by atomic mass is 35.5. The summed E-state index contributed by atoms with van der Waals surface area (Å²) in [7, 11) is 0. The fourth-order valence-corrected chi connectivity index (χ4v) is 1.32. The third kappa shape index (κ3) is 1.51. The van der Waals surface area contributed by atoms with Gasteiger partial charge in [-0.2, -0.15) is 10.5 Å². The summed E-state index contributed by atoms with van der Waals surface area (Å²) in [6, 6.07) is 6.54. The molecule has 0 radical (unpaired) electrons. The number of hydrogen-bond donors (Lipinski definition) is 0. The van der Waals surface area contributed by atoms with Gasteiger partial charge in [0.1, 0.15) is 6.07 Å². The van der Waals surface area contributed by atoms with Gasteiger partial charge in [-0.05, 0) is 12.1 Å². The summed E-state index contributed by atoms with van der Waals surface area (Å²) in [5.41, 5.74) is 0.557. The molecule has 0 atom stereocenters. The maximum atomic E-state index is 8.56. The van der Waals surface area contributed by atoms with Crippen LogP contribution in [0, 0.1) is 22.7 Å². The van der Waals surface area contributed by atoms with Crippen molar-refractivity contribution in [1.29, 1.82) is 10.5 Å². The van der Waals surface area contributed by atoms with E-state index < -0.39 is 0 Å². The number of hydrogen-bond acceptors (Lipinski definition) is 2. The van der Waals surface area contributed by atoms with Gasteiger partial charge in [0.25, 0.3) is 0 Å². The Morgan fingerprint density at radius 2 is 1.50 bits per heavy atom. The first-order valence-electron chi connectivity index (χ1n) is 2.98. The van der Waals surface area contributed by atoms with E-state index >= 15 is 0 Å². The molecule has 0 aromatic heterocycles. The van der Waals surface area contributed by atoms with Crippen molar-refractivity contribution in [1.82, 2.24) is 0 Å². The highest BCUT2D eigenvalue weighted by molar-refractivity contribution is 6.36. The molecule has 0 saturated carbocycles. The monoisotopic (exact) mass is 196 g/mol. The van der Waals surface area contributed by atoms with Crippen LogP contribution in [0.15, 0.2) is 12.1 Å². The highest BCUT2D eigenvalue weighted by Gasteiger charge is 2.06. The molecule has 0 fully saturated rings. The molecule has 0 amide bonds. The SMILES string of the molecule is N#Cc1cc(Cl)c(C#N)c(Cl)c1. The van der Waals surface area contributed by atoms with Crippen molar-refractivity contribution < 1.29 is 0 Å².